The summed E-state index contributed by atoms with van der Waals surface area (Å²) in [5.41, 5.74) is 3.78. The molecule has 0 saturated carbocycles. The standard InChI is InChI=1S/C16H26N4.C2H6/c1-5-17-16-7-6-15(12-14(16)13-18(2)3)20-10-8-19(4)9-11-20;1-2/h5-7,12,17H,1,8-11,13H2,2-4H3;1-2H3. The van der Waals surface area contributed by atoms with Crippen molar-refractivity contribution >= 4 is 11.4 Å². The lowest BCUT2D eigenvalue weighted by molar-refractivity contribution is 0.313. The Hall–Kier alpha value is -1.52. The van der Waals surface area contributed by atoms with Crippen molar-refractivity contribution in [3.63, 3.8) is 0 Å². The van der Waals surface area contributed by atoms with Crippen LogP contribution in [0.2, 0.25) is 0 Å². The van der Waals surface area contributed by atoms with Crippen LogP contribution in [0.5, 0.6) is 0 Å². The van der Waals surface area contributed by atoms with Crippen LogP contribution in [0.1, 0.15) is 19.4 Å². The highest BCUT2D eigenvalue weighted by Gasteiger charge is 2.15. The van der Waals surface area contributed by atoms with E-state index in [0.29, 0.717) is 0 Å². The Morgan fingerprint density at radius 2 is 1.82 bits per heavy atom. The van der Waals surface area contributed by atoms with Crippen LogP contribution >= 0.6 is 0 Å². The third-order valence-electron chi connectivity index (χ3n) is 3.70. The average molecular weight is 304 g/mol. The molecule has 0 radical (unpaired) electrons. The van der Waals surface area contributed by atoms with Crippen molar-refractivity contribution in [1.29, 1.82) is 0 Å². The van der Waals surface area contributed by atoms with Crippen LogP contribution in [0.25, 0.3) is 0 Å². The molecule has 1 saturated heterocycles. The summed E-state index contributed by atoms with van der Waals surface area (Å²) < 4.78 is 0. The lowest BCUT2D eigenvalue weighted by Gasteiger charge is -2.34. The van der Waals surface area contributed by atoms with Gasteiger partial charge in [0.2, 0.25) is 0 Å². The van der Waals surface area contributed by atoms with E-state index in [2.05, 4.69) is 65.9 Å². The fourth-order valence-corrected chi connectivity index (χ4v) is 2.56. The molecule has 4 nitrogen and oxygen atoms in total. The minimum absolute atomic E-state index is 0.928. The van der Waals surface area contributed by atoms with Gasteiger partial charge in [-0.15, -0.1) is 0 Å². The van der Waals surface area contributed by atoms with Gasteiger partial charge in [0.1, 0.15) is 0 Å². The Labute approximate surface area is 136 Å². The molecule has 1 N–H and O–H groups in total. The van der Waals surface area contributed by atoms with Gasteiger partial charge in [-0.1, -0.05) is 20.4 Å². The third-order valence-corrected chi connectivity index (χ3v) is 3.70. The molecule has 1 aliphatic rings. The summed E-state index contributed by atoms with van der Waals surface area (Å²) in [4.78, 5) is 7.04. The molecule has 1 fully saturated rings. The fraction of sp³-hybridized carbons (Fsp3) is 0.556. The molecule has 0 bridgehead atoms. The topological polar surface area (TPSA) is 21.8 Å². The Balaban J connectivity index is 0.00000116. The van der Waals surface area contributed by atoms with Crippen LogP contribution in [-0.2, 0) is 6.54 Å². The molecule has 0 amide bonds. The molecule has 0 aliphatic carbocycles. The molecule has 1 aromatic rings. The molecular weight excluding hydrogens is 272 g/mol. The van der Waals surface area contributed by atoms with Crippen LogP contribution in [0.4, 0.5) is 11.4 Å². The molecule has 0 aromatic heterocycles. The van der Waals surface area contributed by atoms with Crippen LogP contribution in [0, 0.1) is 0 Å². The SMILES string of the molecule is C=CNc1ccc(N2CCN(C)CC2)cc1CN(C)C.CC. The minimum Gasteiger partial charge on any atom is -0.369 e. The van der Waals surface area contributed by atoms with Gasteiger partial charge < -0.3 is 20.0 Å². The Bertz CT molecular complexity index is 448. The molecule has 124 valence electrons. The van der Waals surface area contributed by atoms with Crippen molar-refractivity contribution in [3.8, 4) is 0 Å². The van der Waals surface area contributed by atoms with E-state index >= 15 is 0 Å². The normalized spacial score (nSPS) is 15.3. The van der Waals surface area contributed by atoms with E-state index in [1.165, 1.54) is 11.3 Å². The van der Waals surface area contributed by atoms with Crippen LogP contribution in [-0.4, -0.2) is 57.1 Å². The maximum Gasteiger partial charge on any atom is 0.0426 e. The minimum atomic E-state index is 0.928. The molecule has 2 rings (SSSR count). The summed E-state index contributed by atoms with van der Waals surface area (Å²) in [6, 6.07) is 6.67. The first-order valence-electron chi connectivity index (χ1n) is 8.18. The molecule has 22 heavy (non-hydrogen) atoms. The zero-order valence-electron chi connectivity index (χ0n) is 14.9. The van der Waals surface area contributed by atoms with Crippen LogP contribution in [0.3, 0.4) is 0 Å². The molecule has 0 atom stereocenters. The predicted octanol–water partition coefficient (Wildman–Crippen LogP) is 3.08. The number of nitrogens with zero attached hydrogens (tertiary/aromatic N) is 3. The Morgan fingerprint density at radius 3 is 2.36 bits per heavy atom. The van der Waals surface area contributed by atoms with Crippen molar-refractivity contribution in [2.75, 3.05) is 57.5 Å². The van der Waals surface area contributed by atoms with Gasteiger partial charge >= 0.3 is 0 Å². The second-order valence-electron chi connectivity index (χ2n) is 5.72. The van der Waals surface area contributed by atoms with Crippen molar-refractivity contribution in [1.82, 2.24) is 9.80 Å². The van der Waals surface area contributed by atoms with E-state index < -0.39 is 0 Å². The molecular formula is C18H32N4. The highest BCUT2D eigenvalue weighted by Crippen LogP contribution is 2.25. The second-order valence-corrected chi connectivity index (χ2v) is 5.72. The van der Waals surface area contributed by atoms with Gasteiger partial charge in [-0.3, -0.25) is 0 Å². The number of rotatable bonds is 5. The lowest BCUT2D eigenvalue weighted by Crippen LogP contribution is -2.44. The molecule has 4 heteroatoms. The zero-order valence-corrected chi connectivity index (χ0v) is 14.9. The van der Waals surface area contributed by atoms with Gasteiger partial charge in [0.25, 0.3) is 0 Å². The highest BCUT2D eigenvalue weighted by molar-refractivity contribution is 5.61. The first-order chi connectivity index (χ1) is 10.6. The van der Waals surface area contributed by atoms with Gasteiger partial charge in [0.15, 0.2) is 0 Å². The number of benzene rings is 1. The summed E-state index contributed by atoms with van der Waals surface area (Å²) >= 11 is 0. The van der Waals surface area contributed by atoms with E-state index in [4.69, 9.17) is 0 Å². The second kappa shape index (κ2) is 9.49. The summed E-state index contributed by atoms with van der Waals surface area (Å²) in [6.07, 6.45) is 1.74. The smallest absolute Gasteiger partial charge is 0.0426 e. The fourth-order valence-electron chi connectivity index (χ4n) is 2.56. The van der Waals surface area contributed by atoms with Crippen molar-refractivity contribution < 1.29 is 0 Å². The summed E-state index contributed by atoms with van der Waals surface area (Å²) in [5, 5.41) is 3.23. The first kappa shape index (κ1) is 18.5. The van der Waals surface area contributed by atoms with E-state index in [-0.39, 0.29) is 0 Å². The van der Waals surface area contributed by atoms with E-state index in [9.17, 15) is 0 Å². The van der Waals surface area contributed by atoms with E-state index in [1.54, 1.807) is 6.20 Å². The molecule has 0 spiro atoms. The molecule has 1 aromatic carbocycles. The van der Waals surface area contributed by atoms with Crippen molar-refractivity contribution in [2.24, 2.45) is 0 Å². The maximum absolute atomic E-state index is 3.76. The van der Waals surface area contributed by atoms with E-state index in [1.807, 2.05) is 13.8 Å². The highest BCUT2D eigenvalue weighted by atomic mass is 15.2. The van der Waals surface area contributed by atoms with Crippen LogP contribution < -0.4 is 10.2 Å². The average Bonchev–Trinajstić information content (AvgIpc) is 2.51. The maximum atomic E-state index is 3.76. The number of hydrogen-bond acceptors (Lipinski definition) is 4. The monoisotopic (exact) mass is 304 g/mol. The van der Waals surface area contributed by atoms with Crippen molar-refractivity contribution in [2.45, 2.75) is 20.4 Å². The first-order valence-corrected chi connectivity index (χ1v) is 8.18. The number of nitrogens with one attached hydrogen (secondary N) is 1. The third kappa shape index (κ3) is 5.35. The number of hydrogen-bond donors (Lipinski definition) is 1. The summed E-state index contributed by atoms with van der Waals surface area (Å²) in [6.45, 7) is 13.2. The quantitative estimate of drug-likeness (QED) is 0.902. The largest absolute Gasteiger partial charge is 0.369 e. The van der Waals surface area contributed by atoms with Gasteiger partial charge in [0, 0.05) is 44.1 Å². The van der Waals surface area contributed by atoms with Crippen LogP contribution in [0.15, 0.2) is 31.0 Å². The number of piperazine rings is 1. The van der Waals surface area contributed by atoms with Gasteiger partial charge in [-0.05, 0) is 51.1 Å². The molecule has 1 heterocycles. The Kier molecular flexibility index (Phi) is 7.99. The van der Waals surface area contributed by atoms with Gasteiger partial charge in [0.05, 0.1) is 0 Å². The summed E-state index contributed by atoms with van der Waals surface area (Å²) in [7, 11) is 6.38. The van der Waals surface area contributed by atoms with Crippen molar-refractivity contribution in [3.05, 3.63) is 36.5 Å². The predicted molar refractivity (Wildman–Crippen MR) is 98.7 cm³/mol. The number of likely N-dealkylation sites (N-methyl/N-ethyl adjacent to an activating group) is 1. The Morgan fingerprint density at radius 1 is 1.18 bits per heavy atom. The zero-order chi connectivity index (χ0) is 16.5. The lowest BCUT2D eigenvalue weighted by atomic mass is 10.1. The molecule has 0 unspecified atom stereocenters. The number of anilines is 2. The molecule has 1 aliphatic heterocycles. The summed E-state index contributed by atoms with van der Waals surface area (Å²) in [5.74, 6) is 0. The van der Waals surface area contributed by atoms with Gasteiger partial charge in [-0.25, -0.2) is 0 Å². The van der Waals surface area contributed by atoms with Gasteiger partial charge in [-0.2, -0.15) is 0 Å². The van der Waals surface area contributed by atoms with E-state index in [0.717, 1.165) is 38.4 Å².